The van der Waals surface area contributed by atoms with Crippen molar-refractivity contribution in [2.24, 2.45) is 13.0 Å². The number of nitrogens with one attached hydrogen (secondary N) is 1. The molecule has 0 aliphatic carbocycles. The van der Waals surface area contributed by atoms with Crippen LogP contribution in [0.1, 0.15) is 30.5 Å². The molecular formula is C41H46N4O5. The number of amides is 2. The van der Waals surface area contributed by atoms with E-state index < -0.39 is 0 Å². The number of hydrogen-bond acceptors (Lipinski definition) is 6. The van der Waals surface area contributed by atoms with E-state index in [-0.39, 0.29) is 49.3 Å². The second kappa shape index (κ2) is 15.6. The fourth-order valence-corrected chi connectivity index (χ4v) is 6.64. The third-order valence-electron chi connectivity index (χ3n) is 9.38. The Hall–Kier alpha value is -5.12. The van der Waals surface area contributed by atoms with Crippen molar-refractivity contribution in [3.05, 3.63) is 120 Å². The first-order valence-corrected chi connectivity index (χ1v) is 17.2. The van der Waals surface area contributed by atoms with Crippen molar-refractivity contribution >= 4 is 28.4 Å². The molecule has 2 N–H and O–H groups in total. The number of hydrogen-bond donors (Lipinski definition) is 2. The summed E-state index contributed by atoms with van der Waals surface area (Å²) in [6, 6.07) is 31.0. The molecule has 0 bridgehead atoms. The van der Waals surface area contributed by atoms with Crippen molar-refractivity contribution in [2.45, 2.75) is 45.4 Å². The molecule has 260 valence electrons. The molecule has 5 aromatic rings. The molecule has 1 aliphatic heterocycles. The van der Waals surface area contributed by atoms with Crippen LogP contribution in [0.3, 0.4) is 0 Å². The largest absolute Gasteiger partial charge is 0.488 e. The Labute approximate surface area is 294 Å². The molecule has 0 saturated heterocycles. The van der Waals surface area contributed by atoms with Crippen molar-refractivity contribution in [1.29, 1.82) is 0 Å². The zero-order valence-electron chi connectivity index (χ0n) is 29.2. The smallest absolute Gasteiger partial charge is 0.228 e. The molecule has 2 heterocycles. The number of aromatic nitrogens is 1. The normalized spacial score (nSPS) is 17.0. The number of ether oxygens (including phenoxy) is 2. The molecule has 1 aromatic heterocycles. The van der Waals surface area contributed by atoms with Crippen LogP contribution < -0.4 is 14.8 Å². The highest BCUT2D eigenvalue weighted by atomic mass is 16.5. The summed E-state index contributed by atoms with van der Waals surface area (Å²) < 4.78 is 14.7. The minimum Gasteiger partial charge on any atom is -0.488 e. The number of carbonyl (C=O) groups excluding carboxylic acids is 2. The minimum absolute atomic E-state index is 0.0249. The number of fused-ring (bicyclic) bond motifs is 2. The number of aryl methyl sites for hydroxylation is 1. The van der Waals surface area contributed by atoms with Crippen LogP contribution in [-0.4, -0.2) is 70.2 Å². The van der Waals surface area contributed by atoms with E-state index in [1.165, 1.54) is 0 Å². The number of aliphatic hydroxyl groups excluding tert-OH is 1. The zero-order chi connectivity index (χ0) is 35.2. The van der Waals surface area contributed by atoms with Crippen LogP contribution in [0.2, 0.25) is 0 Å². The van der Waals surface area contributed by atoms with Gasteiger partial charge in [0.2, 0.25) is 11.8 Å². The molecule has 9 nitrogen and oxygen atoms in total. The van der Waals surface area contributed by atoms with Gasteiger partial charge in [0.1, 0.15) is 23.4 Å². The first-order chi connectivity index (χ1) is 24.2. The Morgan fingerprint density at radius 3 is 2.50 bits per heavy atom. The summed E-state index contributed by atoms with van der Waals surface area (Å²) in [6.45, 7) is 5.58. The van der Waals surface area contributed by atoms with Crippen molar-refractivity contribution in [3.63, 3.8) is 0 Å². The summed E-state index contributed by atoms with van der Waals surface area (Å²) in [4.78, 5) is 30.9. The standard InChI is InChI=1S/C41H46N4O5/c1-28-23-45(29(2)27-46)41(48)22-31-20-33(42-40(47)21-32-25-44(4)37-13-9-8-12-36(32)37)16-19-38(31)50-39(28)26-43(3)24-30-14-17-35(18-15-30)49-34-10-6-5-7-11-34/h5-20,25,28-29,39,46H,21-24,26-27H2,1-4H3,(H,42,47)/t28-,29+,39+/m1/s1. The molecule has 4 aromatic carbocycles. The summed E-state index contributed by atoms with van der Waals surface area (Å²) in [6.07, 6.45) is 2.07. The van der Waals surface area contributed by atoms with Gasteiger partial charge in [-0.2, -0.15) is 0 Å². The number of nitrogens with zero attached hydrogens (tertiary/aromatic N) is 3. The Bertz CT molecular complexity index is 1920. The molecule has 0 spiro atoms. The van der Waals surface area contributed by atoms with Crippen LogP contribution in [0, 0.1) is 5.92 Å². The number of anilines is 1. The molecule has 50 heavy (non-hydrogen) atoms. The highest BCUT2D eigenvalue weighted by molar-refractivity contribution is 5.96. The highest BCUT2D eigenvalue weighted by Crippen LogP contribution is 2.30. The number of likely N-dealkylation sites (N-methyl/N-ethyl adjacent to an activating group) is 1. The van der Waals surface area contributed by atoms with Gasteiger partial charge in [-0.05, 0) is 73.6 Å². The van der Waals surface area contributed by atoms with E-state index >= 15 is 0 Å². The van der Waals surface area contributed by atoms with Crippen molar-refractivity contribution in [2.75, 3.05) is 32.1 Å². The third kappa shape index (κ3) is 8.35. The van der Waals surface area contributed by atoms with E-state index in [1.807, 2.05) is 110 Å². The zero-order valence-corrected chi connectivity index (χ0v) is 29.2. The Morgan fingerprint density at radius 2 is 1.74 bits per heavy atom. The van der Waals surface area contributed by atoms with Gasteiger partial charge in [0.05, 0.1) is 25.5 Å². The van der Waals surface area contributed by atoms with Gasteiger partial charge in [0.25, 0.3) is 0 Å². The van der Waals surface area contributed by atoms with E-state index in [1.54, 1.807) is 4.90 Å². The SMILES string of the molecule is C[C@@H]1CN([C@@H](C)CO)C(=O)Cc2cc(NC(=O)Cc3cn(C)c4ccccc34)ccc2O[C@H]1CN(C)Cc1ccc(Oc2ccccc2)cc1. The van der Waals surface area contributed by atoms with Crippen molar-refractivity contribution in [3.8, 4) is 17.2 Å². The van der Waals surface area contributed by atoms with Gasteiger partial charge in [-0.25, -0.2) is 0 Å². The lowest BCUT2D eigenvalue weighted by Crippen LogP contribution is -2.47. The molecular weight excluding hydrogens is 628 g/mol. The molecule has 0 saturated carbocycles. The van der Waals surface area contributed by atoms with Crippen LogP contribution in [-0.2, 0) is 36.0 Å². The number of rotatable bonds is 11. The van der Waals surface area contributed by atoms with E-state index in [9.17, 15) is 14.7 Å². The van der Waals surface area contributed by atoms with Gasteiger partial charge in [-0.3, -0.25) is 14.5 Å². The summed E-state index contributed by atoms with van der Waals surface area (Å²) >= 11 is 0. The molecule has 3 atom stereocenters. The predicted octanol–water partition coefficient (Wildman–Crippen LogP) is 6.43. The fraction of sp³-hybridized carbons (Fsp3) is 0.317. The fourth-order valence-electron chi connectivity index (χ4n) is 6.64. The van der Waals surface area contributed by atoms with Gasteiger partial charge < -0.3 is 29.4 Å². The maximum absolute atomic E-state index is 13.7. The molecule has 2 amide bonds. The highest BCUT2D eigenvalue weighted by Gasteiger charge is 2.31. The summed E-state index contributed by atoms with van der Waals surface area (Å²) in [5.74, 6) is 1.94. The van der Waals surface area contributed by atoms with Crippen molar-refractivity contribution in [1.82, 2.24) is 14.4 Å². The second-order valence-corrected chi connectivity index (χ2v) is 13.5. The van der Waals surface area contributed by atoms with E-state index in [0.717, 1.165) is 33.5 Å². The number of aliphatic hydroxyl groups is 1. The van der Waals surface area contributed by atoms with Crippen LogP contribution >= 0.6 is 0 Å². The number of benzene rings is 4. The van der Waals surface area contributed by atoms with Gasteiger partial charge in [-0.15, -0.1) is 0 Å². The van der Waals surface area contributed by atoms with Gasteiger partial charge >= 0.3 is 0 Å². The average Bonchev–Trinajstić information content (AvgIpc) is 3.44. The summed E-state index contributed by atoms with van der Waals surface area (Å²) in [7, 11) is 4.04. The molecule has 0 radical (unpaired) electrons. The monoisotopic (exact) mass is 674 g/mol. The topological polar surface area (TPSA) is 96.3 Å². The maximum Gasteiger partial charge on any atom is 0.228 e. The number of carbonyl (C=O) groups is 2. The summed E-state index contributed by atoms with van der Waals surface area (Å²) in [5, 5.41) is 14.1. The predicted molar refractivity (Wildman–Crippen MR) is 197 cm³/mol. The van der Waals surface area contributed by atoms with Crippen molar-refractivity contribution < 1.29 is 24.2 Å². The van der Waals surface area contributed by atoms with Crippen LogP contribution in [0.15, 0.2) is 103 Å². The van der Waals surface area contributed by atoms with Gasteiger partial charge in [0, 0.05) is 61.0 Å². The molecule has 6 rings (SSSR count). The second-order valence-electron chi connectivity index (χ2n) is 13.5. The lowest BCUT2D eigenvalue weighted by atomic mass is 10.0. The number of para-hydroxylation sites is 2. The van der Waals surface area contributed by atoms with E-state index in [4.69, 9.17) is 9.47 Å². The first kappa shape index (κ1) is 34.7. The average molecular weight is 675 g/mol. The van der Waals surface area contributed by atoms with Crippen LogP contribution in [0.25, 0.3) is 10.9 Å². The van der Waals surface area contributed by atoms with Crippen LogP contribution in [0.5, 0.6) is 17.2 Å². The minimum atomic E-state index is -0.343. The first-order valence-electron chi connectivity index (χ1n) is 17.2. The molecule has 1 aliphatic rings. The third-order valence-corrected chi connectivity index (χ3v) is 9.38. The Balaban J connectivity index is 1.17. The lowest BCUT2D eigenvalue weighted by Gasteiger charge is -2.34. The van der Waals surface area contributed by atoms with E-state index in [0.29, 0.717) is 36.6 Å². The Kier molecular flexibility index (Phi) is 10.8. The van der Waals surface area contributed by atoms with Gasteiger partial charge in [-0.1, -0.05) is 55.5 Å². The lowest BCUT2D eigenvalue weighted by molar-refractivity contribution is -0.134. The van der Waals surface area contributed by atoms with Gasteiger partial charge in [0.15, 0.2) is 0 Å². The molecule has 0 unspecified atom stereocenters. The molecule has 0 fully saturated rings. The summed E-state index contributed by atoms with van der Waals surface area (Å²) in [5.41, 5.74) is 4.47. The van der Waals surface area contributed by atoms with E-state index in [2.05, 4.69) is 36.3 Å². The van der Waals surface area contributed by atoms with Crippen LogP contribution in [0.4, 0.5) is 5.69 Å². The quantitative estimate of drug-likeness (QED) is 0.168. The Morgan fingerprint density at radius 1 is 1.02 bits per heavy atom. The molecule has 9 heteroatoms. The maximum atomic E-state index is 13.7.